The summed E-state index contributed by atoms with van der Waals surface area (Å²) in [6.07, 6.45) is 1.91. The molecule has 0 radical (unpaired) electrons. The summed E-state index contributed by atoms with van der Waals surface area (Å²) in [7, 11) is 2.98. The van der Waals surface area contributed by atoms with Crippen LogP contribution in [0.2, 0.25) is 0 Å². The van der Waals surface area contributed by atoms with Gasteiger partial charge in [0.25, 0.3) is 0 Å². The average molecular weight is 486 g/mol. The van der Waals surface area contributed by atoms with Gasteiger partial charge in [-0.15, -0.1) is 9.32 Å². The van der Waals surface area contributed by atoms with Crippen molar-refractivity contribution in [2.24, 2.45) is 5.90 Å². The summed E-state index contributed by atoms with van der Waals surface area (Å²) >= 11 is 0.964. The molecule has 0 saturated carbocycles. The Morgan fingerprint density at radius 2 is 1.65 bits per heavy atom. The van der Waals surface area contributed by atoms with Crippen LogP contribution in [0.3, 0.4) is 0 Å². The molecule has 0 spiro atoms. The van der Waals surface area contributed by atoms with Crippen molar-refractivity contribution in [3.63, 3.8) is 0 Å². The quantitative estimate of drug-likeness (QED) is 0.146. The number of aromatic hydroxyl groups is 2. The lowest BCUT2D eigenvalue weighted by atomic mass is 9.96. The maximum Gasteiger partial charge on any atom is 0.170 e. The fraction of sp³-hybridized carbons (Fsp3) is 0.200. The van der Waals surface area contributed by atoms with Crippen molar-refractivity contribution < 1.29 is 33.7 Å². The second-order valence-electron chi connectivity index (χ2n) is 7.43. The normalized spacial score (nSPS) is 10.6. The number of benzene rings is 3. The van der Waals surface area contributed by atoms with Crippen LogP contribution in [0, 0.1) is 0 Å². The fourth-order valence-corrected chi connectivity index (χ4v) is 3.69. The van der Waals surface area contributed by atoms with Crippen molar-refractivity contribution in [1.82, 2.24) is 0 Å². The monoisotopic (exact) mass is 485 g/mol. The van der Waals surface area contributed by atoms with Crippen LogP contribution < -0.4 is 20.1 Å². The van der Waals surface area contributed by atoms with Crippen LogP contribution in [0.4, 0.5) is 0 Å². The van der Waals surface area contributed by atoms with E-state index in [0.717, 1.165) is 28.1 Å². The number of rotatable bonds is 10. The molecule has 0 atom stereocenters. The number of ether oxygens (including phenoxy) is 3. The number of nitrogens with two attached hydrogens (primary N) is 1. The molecule has 0 unspecified atom stereocenters. The topological polar surface area (TPSA) is 113 Å². The average Bonchev–Trinajstić information content (AvgIpc) is 2.83. The van der Waals surface area contributed by atoms with E-state index in [1.807, 2.05) is 44.2 Å². The van der Waals surface area contributed by atoms with Crippen molar-refractivity contribution in [3.8, 4) is 51.0 Å². The van der Waals surface area contributed by atoms with Gasteiger partial charge in [0, 0.05) is 10.5 Å². The first-order chi connectivity index (χ1) is 16.4. The summed E-state index contributed by atoms with van der Waals surface area (Å²) in [5, 5.41) is 21.6. The highest BCUT2D eigenvalue weighted by molar-refractivity contribution is 7.94. The molecule has 0 aliphatic carbocycles. The molecular formula is C25H27NO7S. The van der Waals surface area contributed by atoms with E-state index in [-0.39, 0.29) is 17.2 Å². The van der Waals surface area contributed by atoms with E-state index < -0.39 is 0 Å². The number of hydrogen-bond acceptors (Lipinski definition) is 9. The van der Waals surface area contributed by atoms with Gasteiger partial charge in [-0.3, -0.25) is 0 Å². The molecule has 3 rings (SSSR count). The van der Waals surface area contributed by atoms with Gasteiger partial charge in [-0.1, -0.05) is 23.8 Å². The Balaban J connectivity index is 2.01. The summed E-state index contributed by atoms with van der Waals surface area (Å²) in [5.41, 5.74) is 3.44. The van der Waals surface area contributed by atoms with Gasteiger partial charge in [0.2, 0.25) is 0 Å². The van der Waals surface area contributed by atoms with E-state index >= 15 is 0 Å². The van der Waals surface area contributed by atoms with Crippen LogP contribution in [0.25, 0.3) is 22.3 Å². The minimum absolute atomic E-state index is 0.0547. The van der Waals surface area contributed by atoms with Crippen molar-refractivity contribution in [1.29, 1.82) is 0 Å². The Bertz CT molecular complexity index is 1160. The van der Waals surface area contributed by atoms with Gasteiger partial charge in [0.15, 0.2) is 23.0 Å². The number of methoxy groups -OCH3 is 2. The standard InChI is InChI=1S/C25H27NO7S/c1-15(2)11-12-31-21-10-7-17(13-20(21)27)23-22(29-3)14-19(25(30-4)24(23)28)16-5-8-18(9-6-16)34-33-32-26/h5-11,13-14,27-28H,12,26H2,1-4H3. The summed E-state index contributed by atoms with van der Waals surface area (Å²) in [4.78, 5) is 4.87. The number of phenolic OH excluding ortho intramolecular Hbond substituents is 2. The minimum atomic E-state index is -0.118. The zero-order valence-corrected chi connectivity index (χ0v) is 20.1. The summed E-state index contributed by atoms with van der Waals surface area (Å²) in [5.74, 6) is 5.71. The highest BCUT2D eigenvalue weighted by atomic mass is 32.2. The zero-order valence-electron chi connectivity index (χ0n) is 19.3. The molecule has 3 aromatic rings. The van der Waals surface area contributed by atoms with Gasteiger partial charge in [-0.2, -0.15) is 5.90 Å². The molecule has 8 nitrogen and oxygen atoms in total. The van der Waals surface area contributed by atoms with Crippen LogP contribution in [0.15, 0.2) is 65.1 Å². The predicted molar refractivity (Wildman–Crippen MR) is 131 cm³/mol. The minimum Gasteiger partial charge on any atom is -0.504 e. The Morgan fingerprint density at radius 1 is 0.941 bits per heavy atom. The number of phenols is 2. The molecule has 0 amide bonds. The molecule has 0 aliphatic heterocycles. The molecule has 34 heavy (non-hydrogen) atoms. The first kappa shape index (κ1) is 25.3. The van der Waals surface area contributed by atoms with Crippen molar-refractivity contribution in [2.75, 3.05) is 20.8 Å². The van der Waals surface area contributed by atoms with E-state index in [2.05, 4.69) is 9.32 Å². The second kappa shape index (κ2) is 11.7. The van der Waals surface area contributed by atoms with Crippen LogP contribution in [-0.4, -0.2) is 31.0 Å². The highest BCUT2D eigenvalue weighted by Crippen LogP contribution is 2.50. The van der Waals surface area contributed by atoms with E-state index in [9.17, 15) is 10.2 Å². The van der Waals surface area contributed by atoms with Crippen LogP contribution >= 0.6 is 12.0 Å². The van der Waals surface area contributed by atoms with Crippen molar-refractivity contribution >= 4 is 12.0 Å². The Kier molecular flexibility index (Phi) is 8.67. The molecule has 4 N–H and O–H groups in total. The van der Waals surface area contributed by atoms with Crippen molar-refractivity contribution in [3.05, 3.63) is 60.2 Å². The van der Waals surface area contributed by atoms with Gasteiger partial charge in [-0.05, 0) is 61.4 Å². The van der Waals surface area contributed by atoms with E-state index in [1.54, 1.807) is 18.2 Å². The van der Waals surface area contributed by atoms with Crippen LogP contribution in [-0.2, 0) is 9.32 Å². The van der Waals surface area contributed by atoms with E-state index in [0.29, 0.717) is 34.8 Å². The molecule has 0 saturated heterocycles. The number of allylic oxidation sites excluding steroid dienone is 1. The Labute approximate surface area is 202 Å². The van der Waals surface area contributed by atoms with Gasteiger partial charge in [0.1, 0.15) is 12.4 Å². The van der Waals surface area contributed by atoms with E-state index in [1.165, 1.54) is 20.3 Å². The van der Waals surface area contributed by atoms with Crippen LogP contribution in [0.5, 0.6) is 28.7 Å². The largest absolute Gasteiger partial charge is 0.504 e. The molecule has 9 heteroatoms. The molecule has 0 aromatic heterocycles. The third kappa shape index (κ3) is 5.75. The molecule has 0 heterocycles. The third-order valence-electron chi connectivity index (χ3n) is 4.96. The first-order valence-corrected chi connectivity index (χ1v) is 11.0. The van der Waals surface area contributed by atoms with E-state index in [4.69, 9.17) is 20.1 Å². The summed E-state index contributed by atoms with van der Waals surface area (Å²) in [6.45, 7) is 4.28. The van der Waals surface area contributed by atoms with Crippen molar-refractivity contribution in [2.45, 2.75) is 18.7 Å². The Hall–Kier alpha value is -3.37. The molecule has 0 fully saturated rings. The van der Waals surface area contributed by atoms with Crippen LogP contribution in [0.1, 0.15) is 13.8 Å². The fourth-order valence-electron chi connectivity index (χ4n) is 3.33. The van der Waals surface area contributed by atoms with Gasteiger partial charge in [0.05, 0.1) is 31.8 Å². The lowest BCUT2D eigenvalue weighted by molar-refractivity contribution is -0.195. The highest BCUT2D eigenvalue weighted by Gasteiger charge is 2.22. The van der Waals surface area contributed by atoms with Gasteiger partial charge < -0.3 is 24.4 Å². The second-order valence-corrected chi connectivity index (χ2v) is 8.20. The maximum atomic E-state index is 11.1. The zero-order chi connectivity index (χ0) is 24.7. The van der Waals surface area contributed by atoms with Gasteiger partial charge >= 0.3 is 0 Å². The van der Waals surface area contributed by atoms with Gasteiger partial charge in [-0.25, -0.2) is 0 Å². The number of hydrogen-bond donors (Lipinski definition) is 3. The lowest BCUT2D eigenvalue weighted by Gasteiger charge is -2.18. The Morgan fingerprint density at radius 3 is 2.24 bits per heavy atom. The lowest BCUT2D eigenvalue weighted by Crippen LogP contribution is -1.97. The first-order valence-electron chi connectivity index (χ1n) is 10.3. The molecular weight excluding hydrogens is 458 g/mol. The predicted octanol–water partition coefficient (Wildman–Crippen LogP) is 5.62. The molecule has 0 bridgehead atoms. The maximum absolute atomic E-state index is 11.1. The molecule has 3 aromatic carbocycles. The molecule has 180 valence electrons. The smallest absolute Gasteiger partial charge is 0.170 e. The molecule has 0 aliphatic rings. The summed E-state index contributed by atoms with van der Waals surface area (Å²) in [6, 6.07) is 14.0. The third-order valence-corrected chi connectivity index (χ3v) is 5.57. The summed E-state index contributed by atoms with van der Waals surface area (Å²) < 4.78 is 21.4. The SMILES string of the molecule is COc1cc(-c2ccc(SOON)cc2)c(OC)c(O)c1-c1ccc(OCC=C(C)C)c(O)c1.